The zero-order chi connectivity index (χ0) is 24.1. The van der Waals surface area contributed by atoms with Crippen LogP contribution in [0.15, 0.2) is 24.5 Å². The predicted octanol–water partition coefficient (Wildman–Crippen LogP) is 5.43. The number of nitrogens with zero attached hydrogens (tertiary/aromatic N) is 1. The van der Waals surface area contributed by atoms with E-state index in [1.165, 1.54) is 25.7 Å². The van der Waals surface area contributed by atoms with Crippen LogP contribution in [-0.2, 0) is 4.79 Å². The van der Waals surface area contributed by atoms with Crippen LogP contribution in [0.5, 0.6) is 0 Å². The Morgan fingerprint density at radius 2 is 1.76 bits per heavy atom. The summed E-state index contributed by atoms with van der Waals surface area (Å²) >= 11 is 0. The van der Waals surface area contributed by atoms with E-state index in [1.807, 2.05) is 12.1 Å². The predicted molar refractivity (Wildman–Crippen MR) is 134 cm³/mol. The molecule has 5 heteroatoms. The third kappa shape index (κ3) is 4.11. The zero-order valence-corrected chi connectivity index (χ0v) is 21.2. The summed E-state index contributed by atoms with van der Waals surface area (Å²) in [6.07, 6.45) is 13.2. The number of carbonyl (C=O) groups excluding carboxylic acids is 1. The van der Waals surface area contributed by atoms with Gasteiger partial charge in [0.2, 0.25) is 5.91 Å². The molecule has 4 fully saturated rings. The molecule has 188 valence electrons. The first-order valence-electron chi connectivity index (χ1n) is 13.8. The Bertz CT molecular complexity index is 877. The summed E-state index contributed by atoms with van der Waals surface area (Å²) in [6.45, 7) is 7.33. The lowest BCUT2D eigenvalue weighted by atomic mass is 9.43. The number of nitrogens with one attached hydrogen (secondary N) is 1. The molecule has 10 unspecified atom stereocenters. The van der Waals surface area contributed by atoms with Crippen LogP contribution < -0.4 is 5.32 Å². The summed E-state index contributed by atoms with van der Waals surface area (Å²) in [5, 5.41) is 24.7. The fourth-order valence-corrected chi connectivity index (χ4v) is 9.39. The van der Waals surface area contributed by atoms with Crippen molar-refractivity contribution in [2.24, 2.45) is 46.3 Å². The Labute approximate surface area is 205 Å². The number of pyridine rings is 1. The maximum absolute atomic E-state index is 12.5. The fraction of sp³-hybridized carbons (Fsp3) is 0.793. The topological polar surface area (TPSA) is 82.5 Å². The second kappa shape index (κ2) is 9.20. The van der Waals surface area contributed by atoms with E-state index in [0.717, 1.165) is 37.8 Å². The SMILES string of the molecule is CC(CCC(=O)Nc1ccncc1)C1CCC2C3C(O)CC4CC(O)CCC4(C)C3CCC12C. The Morgan fingerprint density at radius 1 is 1.06 bits per heavy atom. The quantitative estimate of drug-likeness (QED) is 0.538. The summed E-state index contributed by atoms with van der Waals surface area (Å²) < 4.78 is 0. The van der Waals surface area contributed by atoms with Gasteiger partial charge in [0.15, 0.2) is 0 Å². The largest absolute Gasteiger partial charge is 0.393 e. The van der Waals surface area contributed by atoms with Gasteiger partial charge in [-0.1, -0.05) is 20.8 Å². The van der Waals surface area contributed by atoms with Crippen molar-refractivity contribution in [3.63, 3.8) is 0 Å². The number of fused-ring (bicyclic) bond motifs is 5. The van der Waals surface area contributed by atoms with Crippen molar-refractivity contribution in [2.45, 2.75) is 97.2 Å². The van der Waals surface area contributed by atoms with E-state index in [9.17, 15) is 15.0 Å². The Morgan fingerprint density at radius 3 is 2.53 bits per heavy atom. The smallest absolute Gasteiger partial charge is 0.224 e. The molecule has 1 aromatic rings. The Kier molecular flexibility index (Phi) is 6.56. The maximum atomic E-state index is 12.5. The first-order valence-corrected chi connectivity index (χ1v) is 13.8. The first-order chi connectivity index (χ1) is 16.2. The van der Waals surface area contributed by atoms with Crippen molar-refractivity contribution >= 4 is 11.6 Å². The highest BCUT2D eigenvalue weighted by Gasteiger charge is 2.62. The van der Waals surface area contributed by atoms with Gasteiger partial charge in [-0.25, -0.2) is 0 Å². The third-order valence-corrected chi connectivity index (χ3v) is 11.2. The average Bonchev–Trinajstić information content (AvgIpc) is 3.16. The van der Waals surface area contributed by atoms with Gasteiger partial charge in [0.05, 0.1) is 12.2 Å². The van der Waals surface area contributed by atoms with E-state index in [0.29, 0.717) is 41.9 Å². The standard InChI is InChI=1S/C29H44N2O3/c1-18(4-7-26(34)31-20-10-14-30-15-11-20)22-5-6-23-27-24(9-13-29(22,23)3)28(2)12-8-21(32)16-19(28)17-25(27)33/h10-11,14-15,18-19,21-25,27,32-33H,4-9,12-13,16-17H2,1-3H3,(H,30,31,34). The highest BCUT2D eigenvalue weighted by Crippen LogP contribution is 2.68. The first kappa shape index (κ1) is 24.2. The van der Waals surface area contributed by atoms with Crippen LogP contribution in [0.2, 0.25) is 0 Å². The average molecular weight is 469 g/mol. The van der Waals surface area contributed by atoms with Crippen LogP contribution in [-0.4, -0.2) is 33.3 Å². The number of hydrogen-bond acceptors (Lipinski definition) is 4. The van der Waals surface area contributed by atoms with E-state index in [-0.39, 0.29) is 28.9 Å². The van der Waals surface area contributed by atoms with E-state index < -0.39 is 0 Å². The summed E-state index contributed by atoms with van der Waals surface area (Å²) in [5.74, 6) is 3.26. The van der Waals surface area contributed by atoms with Crippen LogP contribution in [0, 0.1) is 46.3 Å². The molecule has 34 heavy (non-hydrogen) atoms. The minimum atomic E-state index is -0.224. The zero-order valence-electron chi connectivity index (χ0n) is 21.2. The van der Waals surface area contributed by atoms with Crippen molar-refractivity contribution in [1.29, 1.82) is 0 Å². The Hall–Kier alpha value is -1.46. The van der Waals surface area contributed by atoms with E-state index in [2.05, 4.69) is 31.1 Å². The number of amides is 1. The molecular formula is C29H44N2O3. The molecule has 5 nitrogen and oxygen atoms in total. The summed E-state index contributed by atoms with van der Waals surface area (Å²) in [7, 11) is 0. The van der Waals surface area contributed by atoms with Gasteiger partial charge < -0.3 is 15.5 Å². The van der Waals surface area contributed by atoms with Gasteiger partial charge in [0, 0.05) is 24.5 Å². The minimum Gasteiger partial charge on any atom is -0.393 e. The van der Waals surface area contributed by atoms with Crippen molar-refractivity contribution in [3.8, 4) is 0 Å². The molecule has 0 radical (unpaired) electrons. The minimum absolute atomic E-state index is 0.0858. The molecule has 0 spiro atoms. The molecule has 5 rings (SSSR count). The van der Waals surface area contributed by atoms with E-state index >= 15 is 0 Å². The van der Waals surface area contributed by atoms with Crippen LogP contribution in [0.3, 0.4) is 0 Å². The normalized spacial score (nSPS) is 44.4. The number of anilines is 1. The maximum Gasteiger partial charge on any atom is 0.224 e. The monoisotopic (exact) mass is 468 g/mol. The molecule has 4 aliphatic carbocycles. The van der Waals surface area contributed by atoms with Crippen LogP contribution in [0.1, 0.15) is 85.0 Å². The van der Waals surface area contributed by atoms with Crippen LogP contribution in [0.25, 0.3) is 0 Å². The summed E-state index contributed by atoms with van der Waals surface area (Å²) in [5.41, 5.74) is 1.35. The molecule has 1 amide bonds. The van der Waals surface area contributed by atoms with Gasteiger partial charge in [-0.05, 0) is 116 Å². The van der Waals surface area contributed by atoms with Crippen molar-refractivity contribution in [2.75, 3.05) is 5.32 Å². The lowest BCUT2D eigenvalue weighted by Crippen LogP contribution is -2.58. The molecule has 0 bridgehead atoms. The van der Waals surface area contributed by atoms with Crippen LogP contribution >= 0.6 is 0 Å². The number of aliphatic hydroxyl groups excluding tert-OH is 2. The molecule has 0 aromatic carbocycles. The second-order valence-corrected chi connectivity index (χ2v) is 12.8. The third-order valence-electron chi connectivity index (χ3n) is 11.2. The molecule has 0 aliphatic heterocycles. The fourth-order valence-electron chi connectivity index (χ4n) is 9.39. The van der Waals surface area contributed by atoms with Gasteiger partial charge in [-0.15, -0.1) is 0 Å². The van der Waals surface area contributed by atoms with E-state index in [1.54, 1.807) is 12.4 Å². The van der Waals surface area contributed by atoms with Crippen molar-refractivity contribution in [3.05, 3.63) is 24.5 Å². The summed E-state index contributed by atoms with van der Waals surface area (Å²) in [4.78, 5) is 16.5. The van der Waals surface area contributed by atoms with Crippen molar-refractivity contribution < 1.29 is 15.0 Å². The van der Waals surface area contributed by atoms with Gasteiger partial charge in [0.1, 0.15) is 0 Å². The molecular weight excluding hydrogens is 424 g/mol. The number of aliphatic hydroxyl groups is 2. The summed E-state index contributed by atoms with van der Waals surface area (Å²) in [6, 6.07) is 3.66. The molecule has 4 aliphatic rings. The van der Waals surface area contributed by atoms with Gasteiger partial charge >= 0.3 is 0 Å². The second-order valence-electron chi connectivity index (χ2n) is 12.8. The molecule has 10 atom stereocenters. The lowest BCUT2D eigenvalue weighted by Gasteiger charge is -2.62. The number of hydrogen-bond donors (Lipinski definition) is 3. The molecule has 4 saturated carbocycles. The Balaban J connectivity index is 1.25. The van der Waals surface area contributed by atoms with Crippen molar-refractivity contribution in [1.82, 2.24) is 4.98 Å². The highest BCUT2D eigenvalue weighted by molar-refractivity contribution is 5.90. The lowest BCUT2D eigenvalue weighted by molar-refractivity contribution is -0.174. The highest BCUT2D eigenvalue weighted by atomic mass is 16.3. The molecule has 1 heterocycles. The van der Waals surface area contributed by atoms with Crippen LogP contribution in [0.4, 0.5) is 5.69 Å². The molecule has 1 aromatic heterocycles. The van der Waals surface area contributed by atoms with Gasteiger partial charge in [0.25, 0.3) is 0 Å². The molecule has 0 saturated heterocycles. The number of aromatic nitrogens is 1. The van der Waals surface area contributed by atoms with Gasteiger partial charge in [-0.2, -0.15) is 0 Å². The van der Waals surface area contributed by atoms with Gasteiger partial charge in [-0.3, -0.25) is 9.78 Å². The van der Waals surface area contributed by atoms with E-state index in [4.69, 9.17) is 0 Å². The molecule has 3 N–H and O–H groups in total. The number of rotatable bonds is 5. The number of carbonyl (C=O) groups is 1.